The average Bonchev–Trinajstić information content (AvgIpc) is 2.70. The first-order valence-corrected chi connectivity index (χ1v) is 9.33. The van der Waals surface area contributed by atoms with Crippen molar-refractivity contribution in [3.63, 3.8) is 0 Å². The molecular weight excluding hydrogens is 360 g/mol. The van der Waals surface area contributed by atoms with E-state index in [2.05, 4.69) is 35.6 Å². The van der Waals surface area contributed by atoms with Crippen LogP contribution < -0.4 is 0 Å². The van der Waals surface area contributed by atoms with Gasteiger partial charge in [-0.05, 0) is 79.2 Å². The molecule has 136 valence electrons. The maximum atomic E-state index is 14.0. The van der Waals surface area contributed by atoms with Crippen molar-refractivity contribution < 1.29 is 8.78 Å². The summed E-state index contributed by atoms with van der Waals surface area (Å²) in [4.78, 5) is 3.42. The molecule has 0 amide bonds. The van der Waals surface area contributed by atoms with Gasteiger partial charge in [0.1, 0.15) is 5.69 Å². The largest absolute Gasteiger partial charge is 0.204 e. The van der Waals surface area contributed by atoms with Crippen LogP contribution in [0.25, 0.3) is 11.1 Å². The SMILES string of the molecule is C=CC1CCC(C#Cc2ccc(-c3cc(F)c(N=C=S)c(F)c3)cc2)CC1. The van der Waals surface area contributed by atoms with Gasteiger partial charge in [-0.25, -0.2) is 8.78 Å². The van der Waals surface area contributed by atoms with Gasteiger partial charge < -0.3 is 0 Å². The van der Waals surface area contributed by atoms with Crippen molar-refractivity contribution in [3.05, 3.63) is 66.3 Å². The van der Waals surface area contributed by atoms with Crippen molar-refractivity contribution in [2.75, 3.05) is 0 Å². The molecule has 1 aliphatic rings. The molecular formula is C23H19F2NS. The van der Waals surface area contributed by atoms with E-state index in [1.165, 1.54) is 12.1 Å². The Morgan fingerprint density at radius 2 is 1.63 bits per heavy atom. The average molecular weight is 379 g/mol. The molecule has 4 heteroatoms. The Kier molecular flexibility index (Phi) is 6.29. The third kappa shape index (κ3) is 4.77. The monoisotopic (exact) mass is 379 g/mol. The maximum Gasteiger partial charge on any atom is 0.153 e. The molecule has 3 rings (SSSR count). The van der Waals surface area contributed by atoms with Crippen LogP contribution in [0.2, 0.25) is 0 Å². The highest BCUT2D eigenvalue weighted by Crippen LogP contribution is 2.30. The minimum atomic E-state index is -0.763. The maximum absolute atomic E-state index is 14.0. The van der Waals surface area contributed by atoms with Crippen molar-refractivity contribution in [1.82, 2.24) is 0 Å². The molecule has 0 saturated heterocycles. The normalized spacial score (nSPS) is 18.7. The fraction of sp³-hybridized carbons (Fsp3) is 0.261. The topological polar surface area (TPSA) is 12.4 Å². The van der Waals surface area contributed by atoms with E-state index < -0.39 is 17.3 Å². The second-order valence-corrected chi connectivity index (χ2v) is 6.87. The molecule has 0 aliphatic heterocycles. The van der Waals surface area contributed by atoms with E-state index in [1.807, 2.05) is 35.5 Å². The molecule has 1 aliphatic carbocycles. The number of nitrogens with zero attached hydrogens (tertiary/aromatic N) is 1. The van der Waals surface area contributed by atoms with Gasteiger partial charge in [-0.15, -0.1) is 6.58 Å². The second-order valence-electron chi connectivity index (χ2n) is 6.69. The molecule has 0 radical (unpaired) electrons. The molecule has 0 bridgehead atoms. The van der Waals surface area contributed by atoms with E-state index in [9.17, 15) is 8.78 Å². The standard InChI is InChI=1S/C23H19F2NS/c1-2-16-3-5-17(6-4-16)7-8-18-9-11-19(12-10-18)20-13-21(24)23(26-15-27)22(25)14-20/h2,9-14,16-17H,1,3-6H2. The molecule has 1 saturated carbocycles. The summed E-state index contributed by atoms with van der Waals surface area (Å²) in [6.45, 7) is 3.87. The zero-order valence-electron chi connectivity index (χ0n) is 14.8. The van der Waals surface area contributed by atoms with E-state index in [0.29, 0.717) is 23.0 Å². The van der Waals surface area contributed by atoms with Crippen LogP contribution in [0, 0.1) is 35.3 Å². The number of allylic oxidation sites excluding steroid dienone is 1. The highest BCUT2D eigenvalue weighted by Gasteiger charge is 2.17. The lowest BCUT2D eigenvalue weighted by Crippen LogP contribution is -2.11. The smallest absolute Gasteiger partial charge is 0.153 e. The Balaban J connectivity index is 1.74. The van der Waals surface area contributed by atoms with Gasteiger partial charge in [0.2, 0.25) is 0 Å². The van der Waals surface area contributed by atoms with Crippen LogP contribution in [0.15, 0.2) is 54.0 Å². The summed E-state index contributed by atoms with van der Waals surface area (Å²) in [6, 6.07) is 9.86. The van der Waals surface area contributed by atoms with E-state index in [0.717, 1.165) is 31.2 Å². The minimum absolute atomic E-state index is 0.414. The van der Waals surface area contributed by atoms with E-state index in [-0.39, 0.29) is 0 Å². The molecule has 0 N–H and O–H groups in total. The lowest BCUT2D eigenvalue weighted by molar-refractivity contribution is 0.365. The van der Waals surface area contributed by atoms with Gasteiger partial charge in [-0.2, -0.15) is 4.99 Å². The van der Waals surface area contributed by atoms with Crippen molar-refractivity contribution in [2.24, 2.45) is 16.8 Å². The molecule has 2 aromatic carbocycles. The van der Waals surface area contributed by atoms with E-state index in [1.54, 1.807) is 0 Å². The van der Waals surface area contributed by atoms with Crippen molar-refractivity contribution in [2.45, 2.75) is 25.7 Å². The van der Waals surface area contributed by atoms with Gasteiger partial charge in [0.25, 0.3) is 0 Å². The van der Waals surface area contributed by atoms with Crippen LogP contribution in [-0.4, -0.2) is 5.16 Å². The predicted octanol–water partition coefficient (Wildman–Crippen LogP) is 6.71. The number of halogens is 2. The first kappa shape index (κ1) is 19.2. The summed E-state index contributed by atoms with van der Waals surface area (Å²) < 4.78 is 28.0. The minimum Gasteiger partial charge on any atom is -0.204 e. The Morgan fingerprint density at radius 3 is 2.19 bits per heavy atom. The van der Waals surface area contributed by atoms with Crippen LogP contribution in [0.1, 0.15) is 31.2 Å². The summed E-state index contributed by atoms with van der Waals surface area (Å²) in [5.74, 6) is 6.10. The fourth-order valence-corrected chi connectivity index (χ4v) is 3.41. The number of hydrogen-bond donors (Lipinski definition) is 0. The van der Waals surface area contributed by atoms with Crippen molar-refractivity contribution >= 4 is 23.1 Å². The molecule has 0 spiro atoms. The Morgan fingerprint density at radius 1 is 1.00 bits per heavy atom. The molecule has 0 heterocycles. The molecule has 1 nitrogen and oxygen atoms in total. The summed E-state index contributed by atoms with van der Waals surface area (Å²) >= 11 is 4.41. The van der Waals surface area contributed by atoms with Gasteiger partial charge in [0, 0.05) is 11.5 Å². The van der Waals surface area contributed by atoms with Crippen molar-refractivity contribution in [3.8, 4) is 23.0 Å². The Bertz CT molecular complexity index is 916. The quantitative estimate of drug-likeness (QED) is 0.250. The highest BCUT2D eigenvalue weighted by molar-refractivity contribution is 7.78. The summed E-state index contributed by atoms with van der Waals surface area (Å²) in [7, 11) is 0. The number of hydrogen-bond acceptors (Lipinski definition) is 2. The predicted molar refractivity (Wildman–Crippen MR) is 109 cm³/mol. The van der Waals surface area contributed by atoms with Crippen LogP contribution in [0.3, 0.4) is 0 Å². The zero-order chi connectivity index (χ0) is 19.2. The first-order valence-electron chi connectivity index (χ1n) is 8.92. The first-order chi connectivity index (χ1) is 13.1. The summed E-state index contributed by atoms with van der Waals surface area (Å²) in [5, 5.41) is 1.99. The number of benzene rings is 2. The molecule has 0 unspecified atom stereocenters. The fourth-order valence-electron chi connectivity index (χ4n) is 3.32. The Labute approximate surface area is 163 Å². The lowest BCUT2D eigenvalue weighted by atomic mass is 9.82. The number of rotatable bonds is 3. The third-order valence-corrected chi connectivity index (χ3v) is 5.01. The number of isothiocyanates is 1. The van der Waals surface area contributed by atoms with E-state index >= 15 is 0 Å². The summed E-state index contributed by atoms with van der Waals surface area (Å²) in [5.41, 5.74) is 1.63. The molecule has 27 heavy (non-hydrogen) atoms. The van der Waals surface area contributed by atoms with Crippen LogP contribution in [0.5, 0.6) is 0 Å². The van der Waals surface area contributed by atoms with Gasteiger partial charge in [-0.3, -0.25) is 0 Å². The van der Waals surface area contributed by atoms with Gasteiger partial charge in [0.05, 0.1) is 5.16 Å². The molecule has 0 aromatic heterocycles. The molecule has 2 aromatic rings. The van der Waals surface area contributed by atoms with Crippen LogP contribution in [-0.2, 0) is 0 Å². The van der Waals surface area contributed by atoms with Gasteiger partial charge >= 0.3 is 0 Å². The second kappa shape index (κ2) is 8.86. The van der Waals surface area contributed by atoms with Crippen LogP contribution >= 0.6 is 12.2 Å². The Hall–Kier alpha value is -2.60. The van der Waals surface area contributed by atoms with Crippen LogP contribution in [0.4, 0.5) is 14.5 Å². The van der Waals surface area contributed by atoms with E-state index in [4.69, 9.17) is 0 Å². The number of thiocarbonyl (C=S) groups is 1. The zero-order valence-corrected chi connectivity index (χ0v) is 15.7. The van der Waals surface area contributed by atoms with Gasteiger partial charge in [-0.1, -0.05) is 30.0 Å². The number of aliphatic imine (C=N–C) groups is 1. The van der Waals surface area contributed by atoms with Gasteiger partial charge in [0.15, 0.2) is 11.6 Å². The van der Waals surface area contributed by atoms with Crippen molar-refractivity contribution in [1.29, 1.82) is 0 Å². The highest BCUT2D eigenvalue weighted by atomic mass is 32.1. The lowest BCUT2D eigenvalue weighted by Gasteiger charge is -2.22. The summed E-state index contributed by atoms with van der Waals surface area (Å²) in [6.07, 6.45) is 6.57. The third-order valence-electron chi connectivity index (χ3n) is 4.92. The molecule has 1 fully saturated rings. The molecule has 0 atom stereocenters.